The van der Waals surface area contributed by atoms with Crippen molar-refractivity contribution in [3.05, 3.63) is 115 Å². The lowest BCUT2D eigenvalue weighted by atomic mass is 9.92. The van der Waals surface area contributed by atoms with Crippen LogP contribution in [0.2, 0.25) is 0 Å². The number of isocyanates is 1. The SMILES string of the molecule is C=C=CC1(C)NC(=O)C(c2c(Br)cc(C)cc2CC)=C1O.C=C=CC1(C)NC(=O)C(c2c(Br)cc(C)cc2CC)=C1OC(=O)NCC.CCN=C=O.[HH].[HH].[HH].[HH].[HH].[HH]. The fourth-order valence-electron chi connectivity index (χ4n) is 5.76. The first kappa shape index (κ1) is 43.5. The Morgan fingerprint density at radius 3 is 1.79 bits per heavy atom. The molecule has 2 unspecified atom stereocenters. The number of halogens is 2. The number of alkyl carbamates (subject to hydrolysis) is 1. The van der Waals surface area contributed by atoms with Crippen molar-refractivity contribution in [2.75, 3.05) is 13.1 Å². The van der Waals surface area contributed by atoms with Gasteiger partial charge in [0.05, 0.1) is 11.1 Å². The topological polar surface area (TPSA) is 146 Å². The monoisotopic (exact) mass is 848 g/mol. The summed E-state index contributed by atoms with van der Waals surface area (Å²) in [6.45, 7) is 23.2. The van der Waals surface area contributed by atoms with Gasteiger partial charge in [-0.3, -0.25) is 9.59 Å². The van der Waals surface area contributed by atoms with Gasteiger partial charge in [0, 0.05) is 41.7 Å². The summed E-state index contributed by atoms with van der Waals surface area (Å²) in [6, 6.07) is 7.95. The van der Waals surface area contributed by atoms with Crippen LogP contribution in [0.3, 0.4) is 0 Å². The lowest BCUT2D eigenvalue weighted by molar-refractivity contribution is -0.116. The van der Waals surface area contributed by atoms with Crippen molar-refractivity contribution in [3.8, 4) is 0 Å². The van der Waals surface area contributed by atoms with Gasteiger partial charge >= 0.3 is 6.09 Å². The van der Waals surface area contributed by atoms with Gasteiger partial charge in [-0.15, -0.1) is 11.5 Å². The van der Waals surface area contributed by atoms with Gasteiger partial charge in [-0.2, -0.15) is 0 Å². The molecule has 0 aliphatic carbocycles. The van der Waals surface area contributed by atoms with Crippen molar-refractivity contribution in [3.63, 3.8) is 0 Å². The molecule has 0 saturated carbocycles. The minimum Gasteiger partial charge on any atom is -0.509 e. The van der Waals surface area contributed by atoms with Gasteiger partial charge in [0.2, 0.25) is 6.08 Å². The first-order chi connectivity index (χ1) is 24.5. The fourth-order valence-corrected chi connectivity index (χ4v) is 7.38. The molecule has 4 rings (SSSR count). The van der Waals surface area contributed by atoms with E-state index in [2.05, 4.69) is 77.4 Å². The molecule has 2 aromatic carbocycles. The normalized spacial score (nSPS) is 18.7. The van der Waals surface area contributed by atoms with Crippen LogP contribution in [-0.4, -0.2) is 53.3 Å². The van der Waals surface area contributed by atoms with Crippen LogP contribution in [0.1, 0.15) is 83.5 Å². The maximum absolute atomic E-state index is 12.9. The molecule has 2 aromatic rings. The molecule has 0 bridgehead atoms. The Labute approximate surface area is 331 Å². The number of aliphatic imine (C=N–C) groups is 1. The number of carbonyl (C=O) groups excluding carboxylic acids is 4. The van der Waals surface area contributed by atoms with Crippen LogP contribution in [0, 0.1) is 13.8 Å². The highest BCUT2D eigenvalue weighted by Gasteiger charge is 2.45. The zero-order valence-corrected chi connectivity index (χ0v) is 34.1. The van der Waals surface area contributed by atoms with Crippen molar-refractivity contribution < 1.29 is 37.6 Å². The molecule has 3 amide bonds. The number of ether oxygens (including phenoxy) is 1. The Morgan fingerprint density at radius 1 is 0.904 bits per heavy atom. The minimum atomic E-state index is -1.01. The highest BCUT2D eigenvalue weighted by molar-refractivity contribution is 9.10. The third-order valence-corrected chi connectivity index (χ3v) is 9.29. The number of nitrogens with zero attached hydrogens (tertiary/aromatic N) is 1. The zero-order valence-electron chi connectivity index (χ0n) is 30.9. The summed E-state index contributed by atoms with van der Waals surface area (Å²) < 4.78 is 7.16. The molecule has 2 aliphatic rings. The molecule has 0 spiro atoms. The molecule has 0 fully saturated rings. The molecule has 0 aromatic heterocycles. The summed E-state index contributed by atoms with van der Waals surface area (Å²) in [7, 11) is 0. The van der Waals surface area contributed by atoms with Crippen molar-refractivity contribution >= 4 is 67.0 Å². The Morgan fingerprint density at radius 2 is 1.37 bits per heavy atom. The van der Waals surface area contributed by atoms with Gasteiger partial charge in [-0.25, -0.2) is 14.6 Å². The highest BCUT2D eigenvalue weighted by Crippen LogP contribution is 2.41. The number of aliphatic hydroxyl groups is 1. The van der Waals surface area contributed by atoms with E-state index in [0.29, 0.717) is 24.2 Å². The van der Waals surface area contributed by atoms with E-state index in [1.54, 1.807) is 39.8 Å². The smallest absolute Gasteiger partial charge is 0.412 e. The number of aryl methyl sites for hydroxylation is 4. The van der Waals surface area contributed by atoms with E-state index < -0.39 is 17.2 Å². The molecule has 4 N–H and O–H groups in total. The molecule has 2 heterocycles. The molecular weight excluding hydrogens is 792 g/mol. The van der Waals surface area contributed by atoms with E-state index >= 15 is 0 Å². The van der Waals surface area contributed by atoms with E-state index in [4.69, 9.17) is 9.53 Å². The molecule has 2 aliphatic heterocycles. The number of carbonyl (C=O) groups is 3. The fraction of sp³-hybridized carbons (Fsp3) is 0.350. The minimum absolute atomic E-state index is 0. The molecule has 12 heteroatoms. The van der Waals surface area contributed by atoms with E-state index in [1.165, 1.54) is 6.08 Å². The summed E-state index contributed by atoms with van der Waals surface area (Å²) in [4.78, 5) is 49.6. The van der Waals surface area contributed by atoms with Crippen LogP contribution in [0.15, 0.2) is 86.5 Å². The molecular formula is C40H58Br2N4O6. The highest BCUT2D eigenvalue weighted by atomic mass is 79.9. The van der Waals surface area contributed by atoms with Gasteiger partial charge in [0.15, 0.2) is 5.76 Å². The molecule has 52 heavy (non-hydrogen) atoms. The standard InChI is InChI=1S/C20H23BrN2O3.C17H18BrNO2.C3H5NO.6H2/c1-6-9-20(5)17(26-19(25)22-8-3)16(18(24)23-20)15-13(7-2)10-12(4)11-14(15)21;1-5-7-17(4)15(20)14(16(21)19-17)13-11(6-2)8-10(3)9-12(13)18;1-2-4-3-5;;;;;;/h9-11H,1,7-8H2,2-5H3,(H,22,25)(H,23,24);7-9,20H,1,6H2,2-4H3,(H,19,21);2H2,1H3;6*1H. The van der Waals surface area contributed by atoms with E-state index in [-0.39, 0.29) is 31.9 Å². The van der Waals surface area contributed by atoms with Gasteiger partial charge in [0.25, 0.3) is 11.8 Å². The van der Waals surface area contributed by atoms with Crippen LogP contribution in [0.5, 0.6) is 0 Å². The number of hydrogen-bond donors (Lipinski definition) is 4. The van der Waals surface area contributed by atoms with Crippen LogP contribution in [-0.2, 0) is 32.0 Å². The summed E-state index contributed by atoms with van der Waals surface area (Å²) >= 11 is 7.09. The van der Waals surface area contributed by atoms with E-state index in [9.17, 15) is 19.5 Å². The third kappa shape index (κ3) is 10.0. The molecule has 288 valence electrons. The van der Waals surface area contributed by atoms with Crippen LogP contribution >= 0.6 is 31.9 Å². The average molecular weight is 851 g/mol. The first-order valence-electron chi connectivity index (χ1n) is 16.7. The largest absolute Gasteiger partial charge is 0.509 e. The number of nitrogens with one attached hydrogen (secondary N) is 3. The first-order valence-corrected chi connectivity index (χ1v) is 18.3. The maximum Gasteiger partial charge on any atom is 0.412 e. The number of rotatable bonds is 9. The second-order valence-corrected chi connectivity index (χ2v) is 13.9. The third-order valence-electron chi connectivity index (χ3n) is 8.04. The van der Waals surface area contributed by atoms with Crippen molar-refractivity contribution in [2.45, 2.75) is 79.3 Å². The van der Waals surface area contributed by atoms with Crippen LogP contribution in [0.25, 0.3) is 11.1 Å². The van der Waals surface area contributed by atoms with Crippen LogP contribution in [0.4, 0.5) is 4.79 Å². The van der Waals surface area contributed by atoms with Crippen LogP contribution < -0.4 is 16.0 Å². The lowest BCUT2D eigenvalue weighted by Gasteiger charge is -2.22. The molecule has 2 atom stereocenters. The van der Waals surface area contributed by atoms with Crippen molar-refractivity contribution in [2.24, 2.45) is 4.99 Å². The molecule has 0 saturated heterocycles. The Balaban J connectivity index is -0.000000267. The van der Waals surface area contributed by atoms with Crippen molar-refractivity contribution in [1.82, 2.24) is 16.0 Å². The Kier molecular flexibility index (Phi) is 16.1. The lowest BCUT2D eigenvalue weighted by Crippen LogP contribution is -2.41. The number of hydrogen-bond acceptors (Lipinski definition) is 7. The predicted molar refractivity (Wildman–Crippen MR) is 225 cm³/mol. The molecule has 0 radical (unpaired) electrons. The summed E-state index contributed by atoms with van der Waals surface area (Å²) in [5.74, 6) is -0.356. The summed E-state index contributed by atoms with van der Waals surface area (Å²) in [5.41, 5.74) is 9.69. The summed E-state index contributed by atoms with van der Waals surface area (Å²) in [6.07, 6.45) is 5.43. The van der Waals surface area contributed by atoms with Gasteiger partial charge in [0.1, 0.15) is 16.8 Å². The number of benzene rings is 2. The van der Waals surface area contributed by atoms with Crippen molar-refractivity contribution in [1.29, 1.82) is 0 Å². The molecule has 10 nitrogen and oxygen atoms in total. The number of aliphatic hydroxyl groups excluding tert-OH is 1. The number of amides is 3. The maximum atomic E-state index is 12.9. The predicted octanol–water partition coefficient (Wildman–Crippen LogP) is 9.64. The van der Waals surface area contributed by atoms with Gasteiger partial charge in [-0.1, -0.05) is 71.0 Å². The van der Waals surface area contributed by atoms with E-state index in [1.807, 2.05) is 52.0 Å². The summed E-state index contributed by atoms with van der Waals surface area (Å²) in [5, 5.41) is 18.8. The Bertz CT molecular complexity index is 1980. The van der Waals surface area contributed by atoms with E-state index in [0.717, 1.165) is 55.2 Å². The Hall–Kier alpha value is -4.69. The second kappa shape index (κ2) is 19.2. The van der Waals surface area contributed by atoms with Gasteiger partial charge in [-0.05, 0) is 101 Å². The average Bonchev–Trinajstić information content (AvgIpc) is 3.43. The quantitative estimate of drug-likeness (QED) is 0.112. The zero-order chi connectivity index (χ0) is 39.4. The second-order valence-electron chi connectivity index (χ2n) is 12.2. The van der Waals surface area contributed by atoms with Gasteiger partial charge < -0.3 is 25.8 Å².